The van der Waals surface area contributed by atoms with E-state index in [0.29, 0.717) is 34.6 Å². The van der Waals surface area contributed by atoms with Crippen molar-refractivity contribution < 1.29 is 29.1 Å². The maximum atomic E-state index is 14.5. The second kappa shape index (κ2) is 12.7. The van der Waals surface area contributed by atoms with E-state index in [1.807, 2.05) is 60.7 Å². The summed E-state index contributed by atoms with van der Waals surface area (Å²) in [5.74, 6) is -1.22. The van der Waals surface area contributed by atoms with Crippen LogP contribution in [0.1, 0.15) is 26.3 Å². The highest BCUT2D eigenvalue weighted by molar-refractivity contribution is 6.17. The quantitative estimate of drug-likeness (QED) is 0.123. The fraction of sp³-hybridized carbons (Fsp3) is 0.0556. The number of carboxylic acids is 1. The zero-order valence-corrected chi connectivity index (χ0v) is 24.6. The van der Waals surface area contributed by atoms with Crippen LogP contribution in [0, 0.1) is 10.1 Å². The Kier molecular flexibility index (Phi) is 8.16. The van der Waals surface area contributed by atoms with Gasteiger partial charge in [-0.1, -0.05) is 66.7 Å². The van der Waals surface area contributed by atoms with E-state index in [1.165, 1.54) is 13.2 Å². The number of nitro benzene ring substituents is 1. The molecule has 0 saturated carbocycles. The number of aromatic nitrogens is 1. The lowest BCUT2D eigenvalue weighted by atomic mass is 10.1. The molecule has 10 nitrogen and oxygen atoms in total. The smallest absolute Gasteiger partial charge is 0.338 e. The molecule has 1 aromatic heterocycles. The number of para-hydroxylation sites is 2. The molecule has 0 bridgehead atoms. The summed E-state index contributed by atoms with van der Waals surface area (Å²) in [5.41, 5.74) is 2.35. The Bertz CT molecular complexity index is 2060. The first-order valence-corrected chi connectivity index (χ1v) is 14.2. The van der Waals surface area contributed by atoms with Gasteiger partial charge in [0.1, 0.15) is 12.4 Å². The van der Waals surface area contributed by atoms with Crippen LogP contribution in [0.4, 0.5) is 17.1 Å². The van der Waals surface area contributed by atoms with Crippen molar-refractivity contribution in [2.45, 2.75) is 6.61 Å². The lowest BCUT2D eigenvalue weighted by molar-refractivity contribution is -0.385. The van der Waals surface area contributed by atoms with Gasteiger partial charge in [0.15, 0.2) is 5.75 Å². The number of benzene rings is 5. The number of nitrogens with zero attached hydrogens (tertiary/aromatic N) is 3. The van der Waals surface area contributed by atoms with Crippen LogP contribution >= 0.6 is 0 Å². The Morgan fingerprint density at radius 2 is 1.46 bits per heavy atom. The first kappa shape index (κ1) is 29.6. The number of carbonyl (C=O) groups is 2. The Morgan fingerprint density at radius 1 is 0.826 bits per heavy atom. The highest BCUT2D eigenvalue weighted by atomic mass is 16.6. The minimum Gasteiger partial charge on any atom is -0.490 e. The molecule has 6 rings (SSSR count). The number of methoxy groups -OCH3 is 1. The fourth-order valence-electron chi connectivity index (χ4n) is 5.30. The van der Waals surface area contributed by atoms with Crippen LogP contribution < -0.4 is 14.4 Å². The molecule has 0 aliphatic carbocycles. The van der Waals surface area contributed by atoms with Gasteiger partial charge in [-0.2, -0.15) is 0 Å². The van der Waals surface area contributed by atoms with Crippen molar-refractivity contribution in [3.05, 3.63) is 154 Å². The van der Waals surface area contributed by atoms with E-state index in [0.717, 1.165) is 11.6 Å². The van der Waals surface area contributed by atoms with Gasteiger partial charge in [0.05, 0.1) is 34.4 Å². The third kappa shape index (κ3) is 5.74. The maximum Gasteiger partial charge on any atom is 0.338 e. The number of hydrogen-bond acceptors (Lipinski definition) is 6. The van der Waals surface area contributed by atoms with E-state index in [9.17, 15) is 24.8 Å². The van der Waals surface area contributed by atoms with Gasteiger partial charge in [-0.05, 0) is 48.0 Å². The Balaban J connectivity index is 1.44. The minimum absolute atomic E-state index is 0.108. The predicted octanol–water partition coefficient (Wildman–Crippen LogP) is 7.80. The van der Waals surface area contributed by atoms with E-state index < -0.39 is 16.6 Å². The van der Waals surface area contributed by atoms with E-state index in [4.69, 9.17) is 9.47 Å². The van der Waals surface area contributed by atoms with Gasteiger partial charge in [0, 0.05) is 35.1 Å². The van der Waals surface area contributed by atoms with Crippen molar-refractivity contribution in [3.63, 3.8) is 0 Å². The Labute approximate surface area is 263 Å². The number of hydrogen-bond donors (Lipinski definition) is 1. The summed E-state index contributed by atoms with van der Waals surface area (Å²) < 4.78 is 12.7. The molecule has 0 aliphatic rings. The summed E-state index contributed by atoms with van der Waals surface area (Å²) in [7, 11) is 1.27. The summed E-state index contributed by atoms with van der Waals surface area (Å²) in [5, 5.41) is 22.2. The number of carboxylic acid groups (broad SMARTS) is 1. The second-order valence-corrected chi connectivity index (χ2v) is 10.3. The molecule has 0 radical (unpaired) electrons. The number of aromatic carboxylic acids is 1. The number of ether oxygens (including phenoxy) is 2. The Hall–Kier alpha value is -6.42. The van der Waals surface area contributed by atoms with Crippen LogP contribution in [0.15, 0.2) is 128 Å². The van der Waals surface area contributed by atoms with Crippen molar-refractivity contribution in [2.24, 2.45) is 0 Å². The number of anilines is 2. The second-order valence-electron chi connectivity index (χ2n) is 10.3. The number of carbonyl (C=O) groups excluding carboxylic acids is 1. The van der Waals surface area contributed by atoms with Crippen molar-refractivity contribution in [1.82, 2.24) is 4.57 Å². The average molecular weight is 614 g/mol. The van der Waals surface area contributed by atoms with Gasteiger partial charge >= 0.3 is 11.7 Å². The molecule has 6 aromatic rings. The monoisotopic (exact) mass is 613 g/mol. The number of fused-ring (bicyclic) bond motifs is 1. The molecule has 0 saturated heterocycles. The van der Waals surface area contributed by atoms with E-state index in [1.54, 1.807) is 64.2 Å². The van der Waals surface area contributed by atoms with Gasteiger partial charge in [0.2, 0.25) is 0 Å². The zero-order chi connectivity index (χ0) is 32.2. The molecule has 10 heteroatoms. The van der Waals surface area contributed by atoms with Gasteiger partial charge < -0.3 is 19.1 Å². The van der Waals surface area contributed by atoms with Crippen LogP contribution in [0.2, 0.25) is 0 Å². The van der Waals surface area contributed by atoms with Gasteiger partial charge in [-0.15, -0.1) is 0 Å². The number of rotatable bonds is 10. The van der Waals surface area contributed by atoms with Crippen LogP contribution in [0.3, 0.4) is 0 Å². The molecule has 1 amide bonds. The van der Waals surface area contributed by atoms with E-state index in [2.05, 4.69) is 0 Å². The summed E-state index contributed by atoms with van der Waals surface area (Å²) in [6, 6.07) is 35.5. The standard InChI is InChI=1S/C36H27N3O7/c1-45-34-21-32(29(36(41)42)20-33(34)39(43)44)37-22-30(28-14-8-9-15-31(28)37)35(40)38(25-12-6-3-7-13-25)26-16-18-27(19-17-26)46-23-24-10-4-2-5-11-24/h2-22H,23H2,1H3,(H,41,42). The minimum atomic E-state index is -1.37. The van der Waals surface area contributed by atoms with Crippen LogP contribution in [0.25, 0.3) is 16.6 Å². The number of amides is 1. The lowest BCUT2D eigenvalue weighted by Gasteiger charge is -2.23. The van der Waals surface area contributed by atoms with Crippen molar-refractivity contribution in [3.8, 4) is 17.2 Å². The normalized spacial score (nSPS) is 10.8. The summed E-state index contributed by atoms with van der Waals surface area (Å²) >= 11 is 0. The maximum absolute atomic E-state index is 14.5. The fourth-order valence-corrected chi connectivity index (χ4v) is 5.30. The van der Waals surface area contributed by atoms with Gasteiger partial charge in [-0.3, -0.25) is 19.8 Å². The molecule has 46 heavy (non-hydrogen) atoms. The molecule has 1 heterocycles. The lowest BCUT2D eigenvalue weighted by Crippen LogP contribution is -2.25. The molecule has 0 fully saturated rings. The zero-order valence-electron chi connectivity index (χ0n) is 24.6. The highest BCUT2D eigenvalue weighted by Gasteiger charge is 2.28. The van der Waals surface area contributed by atoms with E-state index >= 15 is 0 Å². The molecule has 0 unspecified atom stereocenters. The van der Waals surface area contributed by atoms with Crippen LogP contribution in [-0.4, -0.2) is 33.6 Å². The third-order valence-electron chi connectivity index (χ3n) is 7.49. The molecule has 228 valence electrons. The molecule has 0 aliphatic heterocycles. The van der Waals surface area contributed by atoms with E-state index in [-0.39, 0.29) is 28.5 Å². The molecular formula is C36H27N3O7. The number of nitro groups is 1. The topological polar surface area (TPSA) is 124 Å². The SMILES string of the molecule is COc1cc(-n2cc(C(=O)N(c3ccccc3)c3ccc(OCc4ccccc4)cc3)c3ccccc32)c(C(=O)O)cc1[N+](=O)[O-]. The summed E-state index contributed by atoms with van der Waals surface area (Å²) in [6.45, 7) is 0.396. The molecule has 1 N–H and O–H groups in total. The van der Waals surface area contributed by atoms with Crippen molar-refractivity contribution in [1.29, 1.82) is 0 Å². The molecular weight excluding hydrogens is 586 g/mol. The summed E-state index contributed by atoms with van der Waals surface area (Å²) in [6.07, 6.45) is 1.55. The highest BCUT2D eigenvalue weighted by Crippen LogP contribution is 2.37. The first-order chi connectivity index (χ1) is 22.4. The van der Waals surface area contributed by atoms with Crippen molar-refractivity contribution in [2.75, 3.05) is 12.0 Å². The largest absolute Gasteiger partial charge is 0.490 e. The predicted molar refractivity (Wildman–Crippen MR) is 174 cm³/mol. The average Bonchev–Trinajstić information content (AvgIpc) is 3.48. The molecule has 0 spiro atoms. The summed E-state index contributed by atoms with van der Waals surface area (Å²) in [4.78, 5) is 39.4. The van der Waals surface area contributed by atoms with Crippen LogP contribution in [0.5, 0.6) is 11.5 Å². The Morgan fingerprint density at radius 3 is 2.11 bits per heavy atom. The molecule has 0 atom stereocenters. The molecule has 5 aromatic carbocycles. The van der Waals surface area contributed by atoms with Gasteiger partial charge in [-0.25, -0.2) is 4.79 Å². The first-order valence-electron chi connectivity index (χ1n) is 14.2. The van der Waals surface area contributed by atoms with Crippen LogP contribution in [-0.2, 0) is 6.61 Å². The van der Waals surface area contributed by atoms with Gasteiger partial charge in [0.25, 0.3) is 5.91 Å². The van der Waals surface area contributed by atoms with Crippen molar-refractivity contribution >= 4 is 39.8 Å². The third-order valence-corrected chi connectivity index (χ3v) is 7.49.